The maximum absolute atomic E-state index is 4.42. The molecule has 0 bridgehead atoms. The van der Waals surface area contributed by atoms with Gasteiger partial charge in [-0.2, -0.15) is 12.6 Å². The largest absolute Gasteiger partial charge is 0.261 e. The fraction of sp³-hybridized carbons (Fsp3) is 0.357. The van der Waals surface area contributed by atoms with Crippen LogP contribution in [0.5, 0.6) is 0 Å². The van der Waals surface area contributed by atoms with E-state index in [2.05, 4.69) is 55.7 Å². The molecule has 16 heavy (non-hydrogen) atoms. The van der Waals surface area contributed by atoms with Gasteiger partial charge in [0.15, 0.2) is 0 Å². The molecule has 1 aromatic heterocycles. The van der Waals surface area contributed by atoms with Crippen LogP contribution in [0.2, 0.25) is 0 Å². The van der Waals surface area contributed by atoms with Crippen molar-refractivity contribution < 1.29 is 0 Å². The second kappa shape index (κ2) is 4.88. The highest BCUT2D eigenvalue weighted by Crippen LogP contribution is 2.21. The van der Waals surface area contributed by atoms with Crippen LogP contribution in [0, 0.1) is 0 Å². The smallest absolute Gasteiger partial charge is 0.0418 e. The van der Waals surface area contributed by atoms with Crippen LogP contribution in [-0.4, -0.2) is 10.7 Å². The minimum absolute atomic E-state index is 0.575. The normalized spacial score (nSPS) is 11.2. The summed E-state index contributed by atoms with van der Waals surface area (Å²) in [5.74, 6) is 1.42. The van der Waals surface area contributed by atoms with Gasteiger partial charge in [-0.3, -0.25) is 4.98 Å². The fourth-order valence-corrected chi connectivity index (χ4v) is 2.04. The van der Waals surface area contributed by atoms with Crippen molar-refractivity contribution >= 4 is 23.4 Å². The average molecular weight is 231 g/mol. The van der Waals surface area contributed by atoms with E-state index in [1.807, 2.05) is 6.20 Å². The number of thiol groups is 1. The molecular formula is C14H17NS. The lowest BCUT2D eigenvalue weighted by molar-refractivity contribution is 0.868. The van der Waals surface area contributed by atoms with E-state index < -0.39 is 0 Å². The quantitative estimate of drug-likeness (QED) is 0.792. The summed E-state index contributed by atoms with van der Waals surface area (Å²) in [4.78, 5) is 4.42. The Labute approximate surface area is 102 Å². The molecule has 2 heteroatoms. The fourth-order valence-electron chi connectivity index (χ4n) is 1.82. The van der Waals surface area contributed by atoms with E-state index in [1.54, 1.807) is 0 Å². The van der Waals surface area contributed by atoms with Gasteiger partial charge in [-0.25, -0.2) is 0 Å². The molecule has 0 saturated carbocycles. The third kappa shape index (κ3) is 2.38. The topological polar surface area (TPSA) is 12.9 Å². The molecule has 2 rings (SSSR count). The number of benzene rings is 1. The molecule has 1 nitrogen and oxygen atoms in total. The SMILES string of the molecule is CC(C)c1ccc2cnc(CCS)cc2c1. The van der Waals surface area contributed by atoms with Crippen molar-refractivity contribution in [1.82, 2.24) is 4.98 Å². The minimum atomic E-state index is 0.575. The van der Waals surface area contributed by atoms with E-state index in [0.717, 1.165) is 17.9 Å². The third-order valence-electron chi connectivity index (χ3n) is 2.84. The monoisotopic (exact) mass is 231 g/mol. The Hall–Kier alpha value is -1.02. The predicted octanol–water partition coefficient (Wildman–Crippen LogP) is 3.83. The third-order valence-corrected chi connectivity index (χ3v) is 3.06. The Balaban J connectivity index is 2.48. The Morgan fingerprint density at radius 2 is 2.00 bits per heavy atom. The first-order valence-electron chi connectivity index (χ1n) is 5.70. The number of fused-ring (bicyclic) bond motifs is 1. The molecule has 0 atom stereocenters. The summed E-state index contributed by atoms with van der Waals surface area (Å²) in [5.41, 5.74) is 2.51. The van der Waals surface area contributed by atoms with Gasteiger partial charge in [0, 0.05) is 17.3 Å². The zero-order valence-corrected chi connectivity index (χ0v) is 10.7. The molecule has 0 radical (unpaired) electrons. The summed E-state index contributed by atoms with van der Waals surface area (Å²) in [6.45, 7) is 4.44. The average Bonchev–Trinajstić information content (AvgIpc) is 2.28. The molecule has 0 aliphatic rings. The van der Waals surface area contributed by atoms with Gasteiger partial charge in [0.05, 0.1) is 0 Å². The molecule has 1 aromatic carbocycles. The molecule has 1 heterocycles. The van der Waals surface area contributed by atoms with Crippen LogP contribution in [0.3, 0.4) is 0 Å². The lowest BCUT2D eigenvalue weighted by Gasteiger charge is -2.07. The summed E-state index contributed by atoms with van der Waals surface area (Å²) in [6, 6.07) is 8.79. The van der Waals surface area contributed by atoms with Crippen molar-refractivity contribution in [2.75, 3.05) is 5.75 Å². The van der Waals surface area contributed by atoms with Crippen molar-refractivity contribution in [2.45, 2.75) is 26.2 Å². The summed E-state index contributed by atoms with van der Waals surface area (Å²) in [5, 5.41) is 2.50. The van der Waals surface area contributed by atoms with Crippen LogP contribution in [-0.2, 0) is 6.42 Å². The van der Waals surface area contributed by atoms with Gasteiger partial charge in [0.2, 0.25) is 0 Å². The van der Waals surface area contributed by atoms with Crippen molar-refractivity contribution in [3.8, 4) is 0 Å². The Morgan fingerprint density at radius 1 is 1.19 bits per heavy atom. The molecule has 0 N–H and O–H groups in total. The second-order valence-corrected chi connectivity index (χ2v) is 4.86. The molecule has 0 aliphatic heterocycles. The van der Waals surface area contributed by atoms with E-state index in [1.165, 1.54) is 16.3 Å². The lowest BCUT2D eigenvalue weighted by atomic mass is 10.00. The summed E-state index contributed by atoms with van der Waals surface area (Å²) in [7, 11) is 0. The summed E-state index contributed by atoms with van der Waals surface area (Å²) >= 11 is 4.24. The van der Waals surface area contributed by atoms with Crippen molar-refractivity contribution in [2.24, 2.45) is 0 Å². The molecule has 0 aliphatic carbocycles. The molecule has 0 spiro atoms. The standard InChI is InChI=1S/C14H17NS/c1-10(2)11-3-4-12-9-15-14(5-6-16)8-13(12)7-11/h3-4,7-10,16H,5-6H2,1-2H3. The highest BCUT2D eigenvalue weighted by Gasteiger charge is 2.02. The Kier molecular flexibility index (Phi) is 3.49. The number of hydrogen-bond acceptors (Lipinski definition) is 2. The second-order valence-electron chi connectivity index (χ2n) is 4.41. The predicted molar refractivity (Wildman–Crippen MR) is 73.4 cm³/mol. The number of aryl methyl sites for hydroxylation is 1. The van der Waals surface area contributed by atoms with E-state index in [-0.39, 0.29) is 0 Å². The van der Waals surface area contributed by atoms with Crippen LogP contribution >= 0.6 is 12.6 Å². The molecular weight excluding hydrogens is 214 g/mol. The van der Waals surface area contributed by atoms with Gasteiger partial charge in [-0.15, -0.1) is 0 Å². The number of hydrogen-bond donors (Lipinski definition) is 1. The highest BCUT2D eigenvalue weighted by molar-refractivity contribution is 7.80. The maximum atomic E-state index is 4.42. The van der Waals surface area contributed by atoms with Crippen LogP contribution in [0.1, 0.15) is 31.0 Å². The van der Waals surface area contributed by atoms with E-state index in [4.69, 9.17) is 0 Å². The number of rotatable bonds is 3. The van der Waals surface area contributed by atoms with Crippen molar-refractivity contribution in [3.63, 3.8) is 0 Å². The maximum Gasteiger partial charge on any atom is 0.0418 e. The first kappa shape index (κ1) is 11.5. The highest BCUT2D eigenvalue weighted by atomic mass is 32.1. The van der Waals surface area contributed by atoms with Gasteiger partial charge in [-0.1, -0.05) is 32.0 Å². The Bertz CT molecular complexity index is 491. The molecule has 2 aromatic rings. The lowest BCUT2D eigenvalue weighted by Crippen LogP contribution is -1.92. The zero-order valence-electron chi connectivity index (χ0n) is 9.77. The molecule has 0 fully saturated rings. The van der Waals surface area contributed by atoms with Crippen molar-refractivity contribution in [3.05, 3.63) is 41.7 Å². The van der Waals surface area contributed by atoms with E-state index in [0.29, 0.717) is 5.92 Å². The number of pyridine rings is 1. The first-order chi connectivity index (χ1) is 7.70. The number of aromatic nitrogens is 1. The molecule has 0 amide bonds. The van der Waals surface area contributed by atoms with E-state index in [9.17, 15) is 0 Å². The number of nitrogens with zero attached hydrogens (tertiary/aromatic N) is 1. The van der Waals surface area contributed by atoms with Gasteiger partial charge in [0.1, 0.15) is 0 Å². The van der Waals surface area contributed by atoms with Crippen LogP contribution in [0.25, 0.3) is 10.8 Å². The van der Waals surface area contributed by atoms with Crippen LogP contribution in [0.15, 0.2) is 30.5 Å². The van der Waals surface area contributed by atoms with Crippen LogP contribution < -0.4 is 0 Å². The minimum Gasteiger partial charge on any atom is -0.261 e. The van der Waals surface area contributed by atoms with Crippen molar-refractivity contribution in [1.29, 1.82) is 0 Å². The first-order valence-corrected chi connectivity index (χ1v) is 6.33. The zero-order chi connectivity index (χ0) is 11.5. The molecule has 0 saturated heterocycles. The molecule has 84 valence electrons. The van der Waals surface area contributed by atoms with Gasteiger partial charge in [0.25, 0.3) is 0 Å². The van der Waals surface area contributed by atoms with E-state index >= 15 is 0 Å². The van der Waals surface area contributed by atoms with Gasteiger partial charge in [-0.05, 0) is 35.1 Å². The van der Waals surface area contributed by atoms with Crippen LogP contribution in [0.4, 0.5) is 0 Å². The summed E-state index contributed by atoms with van der Waals surface area (Å²) < 4.78 is 0. The summed E-state index contributed by atoms with van der Waals surface area (Å²) in [6.07, 6.45) is 2.89. The van der Waals surface area contributed by atoms with Gasteiger partial charge >= 0.3 is 0 Å². The molecule has 0 unspecified atom stereocenters. The van der Waals surface area contributed by atoms with Gasteiger partial charge < -0.3 is 0 Å². The Morgan fingerprint density at radius 3 is 2.69 bits per heavy atom.